The predicted molar refractivity (Wildman–Crippen MR) is 75.9 cm³/mol. The highest BCUT2D eigenvalue weighted by atomic mass is 19.4. The molecule has 0 aliphatic carbocycles. The Hall–Kier alpha value is -1.76. The summed E-state index contributed by atoms with van der Waals surface area (Å²) < 4.78 is 43.4. The van der Waals surface area contributed by atoms with Crippen LogP contribution in [-0.4, -0.2) is 42.7 Å². The lowest BCUT2D eigenvalue weighted by Gasteiger charge is -2.16. The van der Waals surface area contributed by atoms with Crippen LogP contribution >= 0.6 is 0 Å². The summed E-state index contributed by atoms with van der Waals surface area (Å²) in [6.07, 6.45) is -3.02. The summed E-state index contributed by atoms with van der Waals surface area (Å²) in [4.78, 5) is 12.3. The average molecular weight is 319 g/mol. The number of alkyl halides is 3. The second kappa shape index (κ2) is 8.63. The highest BCUT2D eigenvalue weighted by Crippen LogP contribution is 2.35. The van der Waals surface area contributed by atoms with E-state index >= 15 is 0 Å². The normalized spacial score (nSPS) is 11.7. The zero-order valence-corrected chi connectivity index (χ0v) is 12.4. The third-order valence-corrected chi connectivity index (χ3v) is 3.09. The molecule has 0 unspecified atom stereocenters. The number of benzene rings is 1. The molecular formula is C15H20F3NO3. The highest BCUT2D eigenvalue weighted by Gasteiger charge is 2.33. The maximum atomic E-state index is 12.7. The summed E-state index contributed by atoms with van der Waals surface area (Å²) in [6.45, 7) is 1.32. The molecule has 124 valence electrons. The van der Waals surface area contributed by atoms with E-state index in [4.69, 9.17) is 9.84 Å². The van der Waals surface area contributed by atoms with Crippen LogP contribution in [0.4, 0.5) is 13.2 Å². The number of carboxylic acids is 1. The number of carboxylic acid groups (broad SMARTS) is 1. The molecule has 0 saturated heterocycles. The van der Waals surface area contributed by atoms with Gasteiger partial charge in [0.05, 0.1) is 18.6 Å². The van der Waals surface area contributed by atoms with Crippen molar-refractivity contribution < 1.29 is 27.8 Å². The van der Waals surface area contributed by atoms with Crippen molar-refractivity contribution in [2.75, 3.05) is 26.7 Å². The van der Waals surface area contributed by atoms with Gasteiger partial charge in [-0.15, -0.1) is 0 Å². The molecule has 0 fully saturated rings. The maximum Gasteiger partial charge on any atom is 0.419 e. The van der Waals surface area contributed by atoms with Crippen LogP contribution in [0.25, 0.3) is 0 Å². The maximum absolute atomic E-state index is 12.7. The van der Waals surface area contributed by atoms with Gasteiger partial charge in [-0.05, 0) is 38.6 Å². The van der Waals surface area contributed by atoms with E-state index in [1.165, 1.54) is 18.2 Å². The lowest BCUT2D eigenvalue weighted by molar-refractivity contribution is -0.139. The predicted octanol–water partition coefficient (Wildman–Crippen LogP) is 3.27. The molecule has 0 aliphatic rings. The van der Waals surface area contributed by atoms with E-state index in [9.17, 15) is 18.0 Å². The van der Waals surface area contributed by atoms with Gasteiger partial charge in [-0.3, -0.25) is 4.79 Å². The second-order valence-electron chi connectivity index (χ2n) is 5.00. The Morgan fingerprint density at radius 1 is 1.23 bits per heavy atom. The number of hydrogen-bond acceptors (Lipinski definition) is 3. The van der Waals surface area contributed by atoms with Crippen molar-refractivity contribution in [3.8, 4) is 5.75 Å². The van der Waals surface area contributed by atoms with E-state index in [1.54, 1.807) is 0 Å². The van der Waals surface area contributed by atoms with Crippen LogP contribution in [0.3, 0.4) is 0 Å². The number of carbonyl (C=O) groups is 1. The largest absolute Gasteiger partial charge is 0.493 e. The molecule has 22 heavy (non-hydrogen) atoms. The van der Waals surface area contributed by atoms with Gasteiger partial charge in [0.2, 0.25) is 0 Å². The van der Waals surface area contributed by atoms with E-state index in [-0.39, 0.29) is 18.8 Å². The summed E-state index contributed by atoms with van der Waals surface area (Å²) in [5.74, 6) is -1.01. The molecule has 1 N–H and O–H groups in total. The lowest BCUT2D eigenvalue weighted by Crippen LogP contribution is -2.23. The smallest absolute Gasteiger partial charge is 0.419 e. The molecule has 1 rings (SSSR count). The standard InChI is InChI=1S/C15H20F3NO3/c1-19(10-8-14(20)21)9-4-5-11-22-13-7-3-2-6-12(13)15(16,17)18/h2-3,6-7H,4-5,8-11H2,1H3,(H,20,21). The van der Waals surface area contributed by atoms with Gasteiger partial charge in [-0.2, -0.15) is 13.2 Å². The average Bonchev–Trinajstić information content (AvgIpc) is 2.44. The van der Waals surface area contributed by atoms with E-state index in [2.05, 4.69) is 0 Å². The first-order valence-electron chi connectivity index (χ1n) is 7.00. The van der Waals surface area contributed by atoms with Crippen LogP contribution in [0.15, 0.2) is 24.3 Å². The van der Waals surface area contributed by atoms with Crippen molar-refractivity contribution in [1.29, 1.82) is 0 Å². The van der Waals surface area contributed by atoms with Crippen LogP contribution in [0, 0.1) is 0 Å². The number of nitrogens with zero attached hydrogens (tertiary/aromatic N) is 1. The topological polar surface area (TPSA) is 49.8 Å². The molecule has 0 aliphatic heterocycles. The summed E-state index contributed by atoms with van der Waals surface area (Å²) >= 11 is 0. The van der Waals surface area contributed by atoms with Crippen LogP contribution in [0.1, 0.15) is 24.8 Å². The molecule has 0 aromatic heterocycles. The number of para-hydroxylation sites is 1. The number of rotatable bonds is 9. The fourth-order valence-corrected chi connectivity index (χ4v) is 1.89. The van der Waals surface area contributed by atoms with Gasteiger partial charge < -0.3 is 14.7 Å². The zero-order valence-electron chi connectivity index (χ0n) is 12.4. The quantitative estimate of drug-likeness (QED) is 0.710. The summed E-state index contributed by atoms with van der Waals surface area (Å²) in [7, 11) is 1.81. The van der Waals surface area contributed by atoms with E-state index < -0.39 is 17.7 Å². The Bertz CT molecular complexity index is 477. The lowest BCUT2D eigenvalue weighted by atomic mass is 10.2. The molecule has 1 aromatic rings. The minimum Gasteiger partial charge on any atom is -0.493 e. The zero-order chi connectivity index (χ0) is 16.6. The van der Waals surface area contributed by atoms with Crippen LogP contribution in [0.5, 0.6) is 5.75 Å². The third-order valence-electron chi connectivity index (χ3n) is 3.09. The van der Waals surface area contributed by atoms with E-state index in [0.29, 0.717) is 19.5 Å². The number of hydrogen-bond donors (Lipinski definition) is 1. The van der Waals surface area contributed by atoms with Crippen molar-refractivity contribution in [3.63, 3.8) is 0 Å². The van der Waals surface area contributed by atoms with Crippen LogP contribution in [-0.2, 0) is 11.0 Å². The number of unbranched alkanes of at least 4 members (excludes halogenated alkanes) is 1. The molecule has 0 heterocycles. The fourth-order valence-electron chi connectivity index (χ4n) is 1.89. The van der Waals surface area contributed by atoms with Crippen molar-refractivity contribution in [3.05, 3.63) is 29.8 Å². The molecular weight excluding hydrogens is 299 g/mol. The summed E-state index contributed by atoms with van der Waals surface area (Å²) in [6, 6.07) is 5.13. The first-order valence-corrected chi connectivity index (χ1v) is 7.00. The first-order chi connectivity index (χ1) is 10.3. The van der Waals surface area contributed by atoms with Gasteiger partial charge in [0.25, 0.3) is 0 Å². The summed E-state index contributed by atoms with van der Waals surface area (Å²) in [5.41, 5.74) is -0.770. The molecule has 0 bridgehead atoms. The minimum absolute atomic E-state index is 0.0754. The Morgan fingerprint density at radius 3 is 2.55 bits per heavy atom. The number of ether oxygens (including phenoxy) is 1. The Kier molecular flexibility index (Phi) is 7.17. The van der Waals surface area contributed by atoms with Gasteiger partial charge in [-0.1, -0.05) is 12.1 Å². The first kappa shape index (κ1) is 18.3. The van der Waals surface area contributed by atoms with Gasteiger partial charge in [0.15, 0.2) is 0 Å². The second-order valence-corrected chi connectivity index (χ2v) is 5.00. The van der Waals surface area contributed by atoms with E-state index in [1.807, 2.05) is 11.9 Å². The minimum atomic E-state index is -4.42. The molecule has 1 aromatic carbocycles. The monoisotopic (exact) mass is 319 g/mol. The third kappa shape index (κ3) is 6.80. The molecule has 0 radical (unpaired) electrons. The SMILES string of the molecule is CN(CCCCOc1ccccc1C(F)(F)F)CCC(=O)O. The van der Waals surface area contributed by atoms with Crippen molar-refractivity contribution in [2.24, 2.45) is 0 Å². The molecule has 4 nitrogen and oxygen atoms in total. The molecule has 0 amide bonds. The van der Waals surface area contributed by atoms with Crippen molar-refractivity contribution >= 4 is 5.97 Å². The van der Waals surface area contributed by atoms with Crippen LogP contribution < -0.4 is 4.74 Å². The number of aliphatic carboxylic acids is 1. The van der Waals surface area contributed by atoms with Gasteiger partial charge in [0.1, 0.15) is 5.75 Å². The van der Waals surface area contributed by atoms with Gasteiger partial charge >= 0.3 is 12.1 Å². The summed E-state index contributed by atoms with van der Waals surface area (Å²) in [5, 5.41) is 8.55. The molecule has 0 atom stereocenters. The molecule has 0 spiro atoms. The Labute approximate surface area is 127 Å². The Balaban J connectivity index is 2.30. The van der Waals surface area contributed by atoms with E-state index in [0.717, 1.165) is 12.5 Å². The molecule has 0 saturated carbocycles. The van der Waals surface area contributed by atoms with Gasteiger partial charge in [-0.25, -0.2) is 0 Å². The Morgan fingerprint density at radius 2 is 1.91 bits per heavy atom. The van der Waals surface area contributed by atoms with Crippen LogP contribution in [0.2, 0.25) is 0 Å². The van der Waals surface area contributed by atoms with Crippen molar-refractivity contribution in [1.82, 2.24) is 4.90 Å². The van der Waals surface area contributed by atoms with Gasteiger partial charge in [0, 0.05) is 6.54 Å². The highest BCUT2D eigenvalue weighted by molar-refractivity contribution is 5.66. The number of halogens is 3. The molecule has 7 heteroatoms. The van der Waals surface area contributed by atoms with Crippen molar-refractivity contribution in [2.45, 2.75) is 25.4 Å². The fraction of sp³-hybridized carbons (Fsp3) is 0.533.